The van der Waals surface area contributed by atoms with E-state index in [1.54, 1.807) is 6.20 Å². The third-order valence-corrected chi connectivity index (χ3v) is 6.75. The molecule has 0 radical (unpaired) electrons. The number of aromatic nitrogens is 4. The number of anilines is 1. The van der Waals surface area contributed by atoms with Gasteiger partial charge in [0.2, 0.25) is 10.5 Å². The number of carbonyl (C=O) groups is 1. The highest BCUT2D eigenvalue weighted by molar-refractivity contribution is 7.44. The van der Waals surface area contributed by atoms with Gasteiger partial charge >= 0.3 is 5.97 Å². The first-order valence-electron chi connectivity index (χ1n) is 8.53. The van der Waals surface area contributed by atoms with E-state index >= 15 is 0 Å². The molecule has 0 aliphatic carbocycles. The van der Waals surface area contributed by atoms with Crippen molar-refractivity contribution in [1.82, 2.24) is 20.2 Å². The van der Waals surface area contributed by atoms with Crippen LogP contribution in [0.15, 0.2) is 36.0 Å². The van der Waals surface area contributed by atoms with Gasteiger partial charge in [-0.3, -0.25) is 5.10 Å². The fourth-order valence-electron chi connectivity index (χ4n) is 3.39. The molecule has 1 aromatic carbocycles. The van der Waals surface area contributed by atoms with E-state index in [9.17, 15) is 9.90 Å². The fourth-order valence-corrected chi connectivity index (χ4v) is 5.52. The minimum Gasteiger partial charge on any atom is -0.475 e. The number of thiophene rings is 1. The maximum absolute atomic E-state index is 11.4. The van der Waals surface area contributed by atoms with Crippen molar-refractivity contribution >= 4 is 43.2 Å². The number of nitrogens with one attached hydrogen (secondary N) is 1. The summed E-state index contributed by atoms with van der Waals surface area (Å²) in [6.45, 7) is 2.80. The number of rotatable bonds is 3. The number of carboxylic acids is 1. The first-order chi connectivity index (χ1) is 13.2. The van der Waals surface area contributed by atoms with Crippen molar-refractivity contribution in [3.63, 3.8) is 0 Å². The third kappa shape index (κ3) is 2.63. The molecular formula is C18H16N5O3S+. The van der Waals surface area contributed by atoms with Crippen LogP contribution < -0.4 is 4.90 Å². The molecule has 8 nitrogen and oxygen atoms in total. The molecular weight excluding hydrogens is 366 g/mol. The van der Waals surface area contributed by atoms with Crippen LogP contribution >= 0.6 is 10.5 Å². The van der Waals surface area contributed by atoms with Crippen molar-refractivity contribution in [2.24, 2.45) is 0 Å². The van der Waals surface area contributed by atoms with E-state index in [2.05, 4.69) is 36.5 Å². The number of morpholine rings is 1. The van der Waals surface area contributed by atoms with Gasteiger partial charge in [0, 0.05) is 23.6 Å². The Morgan fingerprint density at radius 3 is 2.93 bits per heavy atom. The number of nitrogens with zero attached hydrogens (tertiary/aromatic N) is 4. The lowest BCUT2D eigenvalue weighted by Gasteiger charge is -2.26. The highest BCUT2D eigenvalue weighted by Gasteiger charge is 2.29. The molecule has 0 spiro atoms. The minimum atomic E-state index is -1.12. The smallest absolute Gasteiger partial charge is 0.373 e. The van der Waals surface area contributed by atoms with E-state index in [4.69, 9.17) is 4.74 Å². The van der Waals surface area contributed by atoms with E-state index in [0.29, 0.717) is 18.7 Å². The highest BCUT2D eigenvalue weighted by atomic mass is 32.2. The number of aromatic amines is 1. The van der Waals surface area contributed by atoms with Crippen LogP contribution in [-0.4, -0.2) is 57.5 Å². The van der Waals surface area contributed by atoms with Gasteiger partial charge in [0.15, 0.2) is 15.8 Å². The zero-order valence-corrected chi connectivity index (χ0v) is 15.1. The Labute approximate surface area is 156 Å². The monoisotopic (exact) mass is 382 g/mol. The number of carboxylic acid groups (broad SMARTS) is 1. The van der Waals surface area contributed by atoms with Crippen molar-refractivity contribution in [1.29, 1.82) is 0 Å². The first kappa shape index (κ1) is 16.2. The van der Waals surface area contributed by atoms with Crippen molar-refractivity contribution in [3.05, 3.63) is 41.8 Å². The van der Waals surface area contributed by atoms with Gasteiger partial charge in [-0.25, -0.2) is 14.8 Å². The quantitative estimate of drug-likeness (QED) is 0.525. The van der Waals surface area contributed by atoms with Gasteiger partial charge in [-0.15, -0.1) is 0 Å². The maximum atomic E-state index is 11.4. The largest absolute Gasteiger partial charge is 0.475 e. The average molecular weight is 382 g/mol. The second-order valence-electron chi connectivity index (χ2n) is 6.24. The van der Waals surface area contributed by atoms with Gasteiger partial charge in [0.1, 0.15) is 5.69 Å². The summed E-state index contributed by atoms with van der Waals surface area (Å²) >= 11 is 0. The van der Waals surface area contributed by atoms with Crippen molar-refractivity contribution in [2.75, 3.05) is 31.2 Å². The van der Waals surface area contributed by atoms with Gasteiger partial charge in [-0.05, 0) is 12.1 Å². The molecule has 1 saturated heterocycles. The number of hydrogen-bond donors (Lipinski definition) is 2. The normalized spacial score (nSPS) is 15.6. The molecule has 4 aromatic rings. The molecule has 1 unspecified atom stereocenters. The molecule has 3 aromatic heterocycles. The van der Waals surface area contributed by atoms with Crippen LogP contribution in [0.4, 0.5) is 5.69 Å². The van der Waals surface area contributed by atoms with E-state index in [1.807, 2.05) is 18.3 Å². The van der Waals surface area contributed by atoms with E-state index in [0.717, 1.165) is 39.3 Å². The summed E-state index contributed by atoms with van der Waals surface area (Å²) in [4.78, 5) is 23.2. The van der Waals surface area contributed by atoms with Crippen molar-refractivity contribution in [2.45, 2.75) is 0 Å². The fraction of sp³-hybridized carbons (Fsp3) is 0.222. The zero-order valence-electron chi connectivity index (χ0n) is 14.3. The molecule has 0 amide bonds. The lowest BCUT2D eigenvalue weighted by Crippen LogP contribution is -2.36. The zero-order chi connectivity index (χ0) is 18.4. The molecule has 0 bridgehead atoms. The Morgan fingerprint density at radius 2 is 2.11 bits per heavy atom. The predicted octanol–water partition coefficient (Wildman–Crippen LogP) is 2.78. The van der Waals surface area contributed by atoms with Crippen LogP contribution in [0.1, 0.15) is 10.6 Å². The molecule has 4 heterocycles. The number of benzene rings is 1. The molecule has 27 heavy (non-hydrogen) atoms. The third-order valence-electron chi connectivity index (χ3n) is 4.69. The van der Waals surface area contributed by atoms with Gasteiger partial charge in [-0.1, -0.05) is 6.07 Å². The van der Waals surface area contributed by atoms with E-state index in [-0.39, 0.29) is 5.82 Å². The van der Waals surface area contributed by atoms with E-state index < -0.39 is 16.4 Å². The Morgan fingerprint density at radius 1 is 1.26 bits per heavy atom. The number of hydrogen-bond acceptors (Lipinski definition) is 6. The minimum absolute atomic E-state index is 0.181. The van der Waals surface area contributed by atoms with Crippen LogP contribution in [0.25, 0.3) is 26.0 Å². The van der Waals surface area contributed by atoms with Gasteiger partial charge in [0.05, 0.1) is 36.5 Å². The molecule has 1 fully saturated rings. The first-order valence-corrected chi connectivity index (χ1v) is 9.81. The van der Waals surface area contributed by atoms with Crippen molar-refractivity contribution in [3.8, 4) is 4.90 Å². The average Bonchev–Trinajstić information content (AvgIpc) is 3.32. The number of aromatic carboxylic acids is 1. The Balaban J connectivity index is 1.77. The summed E-state index contributed by atoms with van der Waals surface area (Å²) < 4.78 is 6.40. The van der Waals surface area contributed by atoms with Crippen molar-refractivity contribution < 1.29 is 14.6 Å². The van der Waals surface area contributed by atoms with Gasteiger partial charge in [-0.2, -0.15) is 5.10 Å². The second kappa shape index (κ2) is 6.29. The summed E-state index contributed by atoms with van der Waals surface area (Å²) in [6.07, 6.45) is 3.47. The number of fused-ring (bicyclic) bond motifs is 2. The van der Waals surface area contributed by atoms with E-state index in [1.165, 1.54) is 0 Å². The standard InChI is InChI=1S/C18H15N5O3S/c24-18(25)17-19-9-15-16(21-17)13(23-4-6-26-7-5-23)10-27(15)14-3-1-2-12-11(14)8-20-22-12/h1-3,8-10H,4-7H2,(H-,20,22,24,25)/p+1. The molecule has 9 heteroatoms. The summed E-state index contributed by atoms with van der Waals surface area (Å²) in [5.41, 5.74) is 2.63. The molecule has 1 aliphatic heterocycles. The van der Waals surface area contributed by atoms with Crippen LogP contribution in [0.3, 0.4) is 0 Å². The summed E-state index contributed by atoms with van der Waals surface area (Å²) in [7, 11) is -0.394. The Bertz CT molecular complexity index is 1160. The highest BCUT2D eigenvalue weighted by Crippen LogP contribution is 2.47. The van der Waals surface area contributed by atoms with Crippen LogP contribution in [0, 0.1) is 0 Å². The SMILES string of the molecule is O=C(O)c1ncc2c(n1)c(N1CCOCC1)c[s+]2-c1cccc2[nH]ncc12. The predicted molar refractivity (Wildman–Crippen MR) is 103 cm³/mol. The lowest BCUT2D eigenvalue weighted by molar-refractivity contribution is 0.0684. The number of H-pyrrole nitrogens is 1. The second-order valence-corrected chi connectivity index (χ2v) is 8.03. The molecule has 0 saturated carbocycles. The summed E-state index contributed by atoms with van der Waals surface area (Å²) in [5, 5.41) is 19.7. The van der Waals surface area contributed by atoms with Gasteiger partial charge < -0.3 is 14.7 Å². The molecule has 5 rings (SSSR count). The summed E-state index contributed by atoms with van der Waals surface area (Å²) in [6, 6.07) is 6.06. The van der Waals surface area contributed by atoms with Crippen LogP contribution in [0.5, 0.6) is 0 Å². The Kier molecular flexibility index (Phi) is 3.76. The Hall–Kier alpha value is -3.04. The maximum Gasteiger partial charge on any atom is 0.373 e. The van der Waals surface area contributed by atoms with Crippen LogP contribution in [-0.2, 0) is 4.74 Å². The molecule has 2 N–H and O–H groups in total. The molecule has 1 aliphatic rings. The summed E-state index contributed by atoms with van der Waals surface area (Å²) in [5.74, 6) is -1.30. The van der Waals surface area contributed by atoms with Gasteiger partial charge in [0.25, 0.3) is 0 Å². The van der Waals surface area contributed by atoms with Crippen LogP contribution in [0.2, 0.25) is 0 Å². The lowest BCUT2D eigenvalue weighted by atomic mass is 10.3. The molecule has 136 valence electrons. The topological polar surface area (TPSA) is 104 Å². The molecule has 1 atom stereocenters. The number of ether oxygens (including phenoxy) is 1.